The Morgan fingerprint density at radius 1 is 1.06 bits per heavy atom. The van der Waals surface area contributed by atoms with Crippen molar-refractivity contribution >= 4 is 22.8 Å². The highest BCUT2D eigenvalue weighted by Gasteiger charge is 2.24. The van der Waals surface area contributed by atoms with Crippen molar-refractivity contribution in [3.63, 3.8) is 0 Å². The molecule has 2 aromatic heterocycles. The molecule has 1 aromatic carbocycles. The Bertz CT molecular complexity index is 1220. The van der Waals surface area contributed by atoms with E-state index in [0.29, 0.717) is 36.9 Å². The van der Waals surface area contributed by atoms with Gasteiger partial charge in [0.25, 0.3) is 0 Å². The third kappa shape index (κ3) is 4.55. The molecule has 1 aliphatic rings. The number of ether oxygens (including phenoxy) is 3. The van der Waals surface area contributed by atoms with Gasteiger partial charge in [0, 0.05) is 47.6 Å². The number of methoxy groups -OCH3 is 3. The molecule has 0 saturated heterocycles. The Kier molecular flexibility index (Phi) is 6.97. The first kappa shape index (κ1) is 23.9. The summed E-state index contributed by atoms with van der Waals surface area (Å²) in [6.07, 6.45) is 2.81. The van der Waals surface area contributed by atoms with E-state index in [9.17, 15) is 4.79 Å². The second-order valence-electron chi connectivity index (χ2n) is 8.35. The number of thiazole rings is 1. The van der Waals surface area contributed by atoms with Crippen LogP contribution < -0.4 is 14.2 Å². The molecule has 4 rings (SSSR count). The van der Waals surface area contributed by atoms with Gasteiger partial charge in [0.1, 0.15) is 23.8 Å². The summed E-state index contributed by atoms with van der Waals surface area (Å²) in [6.45, 7) is 7.61. The minimum atomic E-state index is 0.103. The van der Waals surface area contributed by atoms with Crippen LogP contribution in [-0.2, 0) is 11.3 Å². The number of benzene rings is 1. The standard InChI is InChI=1S/C26H31N3O4S/c1-16-11-21(22-15-34-18(3)27-22)17(2)29(16)14-25(30)28-9-7-19(8-10-28)26-23(32-5)12-20(31-4)13-24(26)33-6/h7,11-13,15H,8-10,14H2,1-6H3. The van der Waals surface area contributed by atoms with Gasteiger partial charge in [-0.1, -0.05) is 6.08 Å². The van der Waals surface area contributed by atoms with Crippen LogP contribution in [0.15, 0.2) is 29.7 Å². The first-order valence-corrected chi connectivity index (χ1v) is 12.1. The van der Waals surface area contributed by atoms with Gasteiger partial charge in [0.15, 0.2) is 0 Å². The topological polar surface area (TPSA) is 65.8 Å². The van der Waals surface area contributed by atoms with Gasteiger partial charge in [-0.05, 0) is 38.8 Å². The van der Waals surface area contributed by atoms with Gasteiger partial charge in [0.2, 0.25) is 5.91 Å². The van der Waals surface area contributed by atoms with Crippen LogP contribution in [0, 0.1) is 20.8 Å². The molecule has 180 valence electrons. The van der Waals surface area contributed by atoms with E-state index in [0.717, 1.165) is 45.2 Å². The highest BCUT2D eigenvalue weighted by molar-refractivity contribution is 7.09. The van der Waals surface area contributed by atoms with E-state index in [-0.39, 0.29) is 5.91 Å². The van der Waals surface area contributed by atoms with Gasteiger partial charge in [0.05, 0.1) is 37.6 Å². The number of nitrogens with zero attached hydrogens (tertiary/aromatic N) is 3. The molecule has 3 heterocycles. The van der Waals surface area contributed by atoms with Crippen molar-refractivity contribution in [2.24, 2.45) is 0 Å². The molecular formula is C26H31N3O4S. The number of aromatic nitrogens is 2. The monoisotopic (exact) mass is 481 g/mol. The second kappa shape index (κ2) is 9.93. The molecule has 0 radical (unpaired) electrons. The molecular weight excluding hydrogens is 450 g/mol. The molecule has 0 unspecified atom stereocenters. The van der Waals surface area contributed by atoms with Crippen molar-refractivity contribution in [3.05, 3.63) is 51.6 Å². The summed E-state index contributed by atoms with van der Waals surface area (Å²) < 4.78 is 18.7. The Labute approximate surface area is 204 Å². The summed E-state index contributed by atoms with van der Waals surface area (Å²) in [6, 6.07) is 5.83. The first-order chi connectivity index (χ1) is 16.4. The number of carbonyl (C=O) groups is 1. The van der Waals surface area contributed by atoms with Gasteiger partial charge in [-0.25, -0.2) is 4.98 Å². The summed E-state index contributed by atoms with van der Waals surface area (Å²) in [5, 5.41) is 3.11. The highest BCUT2D eigenvalue weighted by atomic mass is 32.1. The van der Waals surface area contributed by atoms with E-state index in [1.165, 1.54) is 0 Å². The van der Waals surface area contributed by atoms with Gasteiger partial charge < -0.3 is 23.7 Å². The minimum absolute atomic E-state index is 0.103. The van der Waals surface area contributed by atoms with Crippen molar-refractivity contribution in [2.45, 2.75) is 33.7 Å². The lowest BCUT2D eigenvalue weighted by Crippen LogP contribution is -2.37. The molecule has 0 spiro atoms. The van der Waals surface area contributed by atoms with Gasteiger partial charge >= 0.3 is 0 Å². The predicted octanol–water partition coefficient (Wildman–Crippen LogP) is 4.88. The van der Waals surface area contributed by atoms with Crippen LogP contribution in [0.5, 0.6) is 17.2 Å². The van der Waals surface area contributed by atoms with Crippen LogP contribution in [0.1, 0.15) is 28.4 Å². The zero-order chi connectivity index (χ0) is 24.4. The van der Waals surface area contributed by atoms with Crippen molar-refractivity contribution in [1.82, 2.24) is 14.5 Å². The molecule has 0 bridgehead atoms. The third-order valence-corrected chi connectivity index (χ3v) is 7.13. The lowest BCUT2D eigenvalue weighted by atomic mass is 9.97. The molecule has 7 nitrogen and oxygen atoms in total. The zero-order valence-corrected chi connectivity index (χ0v) is 21.4. The molecule has 1 aliphatic heterocycles. The Morgan fingerprint density at radius 2 is 1.76 bits per heavy atom. The number of aryl methyl sites for hydroxylation is 2. The van der Waals surface area contributed by atoms with Crippen molar-refractivity contribution in [1.29, 1.82) is 0 Å². The van der Waals surface area contributed by atoms with Crippen LogP contribution in [0.25, 0.3) is 16.8 Å². The molecule has 0 atom stereocenters. The van der Waals surface area contributed by atoms with Gasteiger partial charge in [-0.15, -0.1) is 11.3 Å². The normalized spacial score (nSPS) is 13.6. The second-order valence-corrected chi connectivity index (χ2v) is 9.41. The van der Waals surface area contributed by atoms with E-state index in [4.69, 9.17) is 14.2 Å². The average molecular weight is 482 g/mol. The Morgan fingerprint density at radius 3 is 2.29 bits per heavy atom. The maximum Gasteiger partial charge on any atom is 0.242 e. The van der Waals surface area contributed by atoms with E-state index >= 15 is 0 Å². The quantitative estimate of drug-likeness (QED) is 0.481. The molecule has 34 heavy (non-hydrogen) atoms. The number of amides is 1. The molecule has 3 aromatic rings. The number of carbonyl (C=O) groups excluding carboxylic acids is 1. The van der Waals surface area contributed by atoms with Crippen LogP contribution in [0.3, 0.4) is 0 Å². The van der Waals surface area contributed by atoms with Crippen molar-refractivity contribution < 1.29 is 19.0 Å². The first-order valence-electron chi connectivity index (χ1n) is 11.2. The number of hydrogen-bond donors (Lipinski definition) is 0. The Balaban J connectivity index is 1.52. The number of hydrogen-bond acceptors (Lipinski definition) is 6. The fraction of sp³-hybridized carbons (Fsp3) is 0.385. The lowest BCUT2D eigenvalue weighted by Gasteiger charge is -2.28. The van der Waals surface area contributed by atoms with Crippen LogP contribution in [0.4, 0.5) is 0 Å². The molecule has 0 saturated carbocycles. The zero-order valence-electron chi connectivity index (χ0n) is 20.6. The van der Waals surface area contributed by atoms with E-state index in [1.807, 2.05) is 30.9 Å². The summed E-state index contributed by atoms with van der Waals surface area (Å²) in [5.41, 5.74) is 6.22. The SMILES string of the molecule is COc1cc(OC)c(C2=CCN(C(=O)Cn3c(C)cc(-c4csc(C)n4)c3C)CC2)c(OC)c1. The van der Waals surface area contributed by atoms with Crippen molar-refractivity contribution in [3.8, 4) is 28.5 Å². The fourth-order valence-electron chi connectivity index (χ4n) is 4.47. The average Bonchev–Trinajstić information content (AvgIpc) is 3.40. The molecule has 1 amide bonds. The fourth-order valence-corrected chi connectivity index (χ4v) is 5.08. The number of rotatable bonds is 7. The Hall–Kier alpha value is -3.26. The van der Waals surface area contributed by atoms with Crippen LogP contribution in [-0.4, -0.2) is 54.8 Å². The van der Waals surface area contributed by atoms with Crippen molar-refractivity contribution in [2.75, 3.05) is 34.4 Å². The van der Waals surface area contributed by atoms with E-state index < -0.39 is 0 Å². The minimum Gasteiger partial charge on any atom is -0.496 e. The highest BCUT2D eigenvalue weighted by Crippen LogP contribution is 2.41. The molecule has 8 heteroatoms. The van der Waals surface area contributed by atoms with Gasteiger partial charge in [-0.3, -0.25) is 4.79 Å². The summed E-state index contributed by atoms with van der Waals surface area (Å²) in [4.78, 5) is 19.7. The molecule has 0 aliphatic carbocycles. The van der Waals surface area contributed by atoms with E-state index in [2.05, 4.69) is 34.0 Å². The summed E-state index contributed by atoms with van der Waals surface area (Å²) in [7, 11) is 4.89. The van der Waals surface area contributed by atoms with E-state index in [1.54, 1.807) is 32.7 Å². The maximum absolute atomic E-state index is 13.2. The maximum atomic E-state index is 13.2. The third-order valence-electron chi connectivity index (χ3n) is 6.36. The predicted molar refractivity (Wildman–Crippen MR) is 135 cm³/mol. The van der Waals surface area contributed by atoms with Crippen LogP contribution in [0.2, 0.25) is 0 Å². The summed E-state index contributed by atoms with van der Waals surface area (Å²) in [5.74, 6) is 2.18. The lowest BCUT2D eigenvalue weighted by molar-refractivity contribution is -0.131. The van der Waals surface area contributed by atoms with Crippen LogP contribution >= 0.6 is 11.3 Å². The molecule has 0 N–H and O–H groups in total. The van der Waals surface area contributed by atoms with Gasteiger partial charge in [-0.2, -0.15) is 0 Å². The summed E-state index contributed by atoms with van der Waals surface area (Å²) >= 11 is 1.64. The largest absolute Gasteiger partial charge is 0.496 e. The smallest absolute Gasteiger partial charge is 0.242 e. The molecule has 0 fully saturated rings.